The van der Waals surface area contributed by atoms with Gasteiger partial charge in [0.25, 0.3) is 5.91 Å². The van der Waals surface area contributed by atoms with Crippen molar-refractivity contribution in [2.75, 3.05) is 20.8 Å². The Balaban J connectivity index is 2.33. The van der Waals surface area contributed by atoms with Crippen molar-refractivity contribution in [1.29, 1.82) is 0 Å². The summed E-state index contributed by atoms with van der Waals surface area (Å²) < 4.78 is 61.2. The molecular formula is C18H15F4NO3. The number of ether oxygens (including phenoxy) is 1. The summed E-state index contributed by atoms with van der Waals surface area (Å²) in [5.74, 6) is -10.1. The number of likely N-dealkylation sites (N-methyl/N-ethyl adjacent to an activating group) is 1. The monoisotopic (exact) mass is 369 g/mol. The topological polar surface area (TPSA) is 49.8 Å². The van der Waals surface area contributed by atoms with E-state index in [2.05, 4.69) is 0 Å². The molecule has 0 spiro atoms. The first kappa shape index (κ1) is 18.3. The SMILES string of the molecule is COCC(c1ccccc1)C1(O)c2c(F)c(F)c(F)c(F)c2C(=O)N1C. The number of fused-ring (bicyclic) bond motifs is 1. The lowest BCUT2D eigenvalue weighted by molar-refractivity contribution is -0.109. The lowest BCUT2D eigenvalue weighted by Gasteiger charge is -2.38. The Kier molecular flexibility index (Phi) is 4.49. The van der Waals surface area contributed by atoms with Gasteiger partial charge in [-0.1, -0.05) is 30.3 Å². The van der Waals surface area contributed by atoms with Crippen molar-refractivity contribution in [3.63, 3.8) is 0 Å². The number of rotatable bonds is 4. The van der Waals surface area contributed by atoms with Gasteiger partial charge in [-0.15, -0.1) is 0 Å². The molecule has 1 aliphatic rings. The molecule has 0 saturated carbocycles. The summed E-state index contributed by atoms with van der Waals surface area (Å²) in [6.45, 7) is -0.197. The number of hydrogen-bond donors (Lipinski definition) is 1. The van der Waals surface area contributed by atoms with Gasteiger partial charge in [-0.25, -0.2) is 17.6 Å². The van der Waals surface area contributed by atoms with E-state index in [9.17, 15) is 27.5 Å². The highest BCUT2D eigenvalue weighted by atomic mass is 19.2. The molecule has 0 aliphatic carbocycles. The second-order valence-electron chi connectivity index (χ2n) is 6.01. The molecule has 3 rings (SSSR count). The Morgan fingerprint density at radius 2 is 1.65 bits per heavy atom. The molecule has 0 radical (unpaired) electrons. The van der Waals surface area contributed by atoms with E-state index in [0.29, 0.717) is 10.5 Å². The van der Waals surface area contributed by atoms with E-state index in [-0.39, 0.29) is 6.61 Å². The third-order valence-electron chi connectivity index (χ3n) is 4.69. The number of carbonyl (C=O) groups excluding carboxylic acids is 1. The highest BCUT2D eigenvalue weighted by Gasteiger charge is 2.56. The fraction of sp³-hybridized carbons (Fsp3) is 0.278. The maximum atomic E-state index is 14.5. The molecule has 1 N–H and O–H groups in total. The third kappa shape index (κ3) is 2.33. The molecule has 1 aliphatic heterocycles. The molecule has 0 saturated heterocycles. The van der Waals surface area contributed by atoms with Gasteiger partial charge in [-0.3, -0.25) is 4.79 Å². The molecule has 138 valence electrons. The zero-order chi connectivity index (χ0) is 19.2. The van der Waals surface area contributed by atoms with Crippen molar-refractivity contribution >= 4 is 5.91 Å². The first-order valence-electron chi connectivity index (χ1n) is 7.67. The zero-order valence-electron chi connectivity index (χ0n) is 13.9. The molecule has 0 aromatic heterocycles. The molecule has 2 atom stereocenters. The second kappa shape index (κ2) is 6.37. The molecule has 2 aromatic carbocycles. The lowest BCUT2D eigenvalue weighted by atomic mass is 9.83. The fourth-order valence-electron chi connectivity index (χ4n) is 3.37. The van der Waals surface area contributed by atoms with Gasteiger partial charge in [0.2, 0.25) is 0 Å². The smallest absolute Gasteiger partial charge is 0.259 e. The van der Waals surface area contributed by atoms with Crippen LogP contribution in [0.5, 0.6) is 0 Å². The minimum Gasteiger partial charge on any atom is -0.384 e. The number of amides is 1. The van der Waals surface area contributed by atoms with E-state index >= 15 is 0 Å². The molecular weight excluding hydrogens is 354 g/mol. The fourth-order valence-corrected chi connectivity index (χ4v) is 3.37. The van der Waals surface area contributed by atoms with Crippen LogP contribution in [0.3, 0.4) is 0 Å². The summed E-state index contributed by atoms with van der Waals surface area (Å²) >= 11 is 0. The standard InChI is InChI=1S/C18H15F4NO3/c1-23-17(24)11-12(14(20)16(22)15(21)13(11)19)18(23,25)10(8-26-2)9-6-4-3-5-7-9/h3-7,10,25H,8H2,1-2H3. The molecule has 2 aromatic rings. The maximum Gasteiger partial charge on any atom is 0.259 e. The molecule has 2 unspecified atom stereocenters. The van der Waals surface area contributed by atoms with Crippen LogP contribution in [0.2, 0.25) is 0 Å². The Bertz CT molecular complexity index is 875. The second-order valence-corrected chi connectivity index (χ2v) is 6.01. The van der Waals surface area contributed by atoms with E-state index < -0.39 is 51.9 Å². The first-order valence-corrected chi connectivity index (χ1v) is 7.67. The average Bonchev–Trinajstić information content (AvgIpc) is 2.85. The van der Waals surface area contributed by atoms with Gasteiger partial charge in [0, 0.05) is 14.2 Å². The van der Waals surface area contributed by atoms with Crippen LogP contribution in [-0.4, -0.2) is 36.7 Å². The molecule has 1 amide bonds. The van der Waals surface area contributed by atoms with Crippen molar-refractivity contribution in [2.45, 2.75) is 11.6 Å². The van der Waals surface area contributed by atoms with E-state index in [4.69, 9.17) is 4.74 Å². The highest BCUT2D eigenvalue weighted by Crippen LogP contribution is 2.48. The van der Waals surface area contributed by atoms with E-state index in [1.165, 1.54) is 7.11 Å². The van der Waals surface area contributed by atoms with Gasteiger partial charge in [0.15, 0.2) is 29.0 Å². The number of hydrogen-bond acceptors (Lipinski definition) is 3. The van der Waals surface area contributed by atoms with Crippen molar-refractivity contribution in [3.8, 4) is 0 Å². The molecule has 0 fully saturated rings. The van der Waals surface area contributed by atoms with Crippen molar-refractivity contribution in [2.24, 2.45) is 0 Å². The summed E-state index contributed by atoms with van der Waals surface area (Å²) in [7, 11) is 2.42. The predicted octanol–water partition coefficient (Wildman–Crippen LogP) is 2.90. The molecule has 4 nitrogen and oxygen atoms in total. The van der Waals surface area contributed by atoms with E-state index in [0.717, 1.165) is 7.05 Å². The normalized spacial score (nSPS) is 20.4. The van der Waals surface area contributed by atoms with Crippen LogP contribution in [0.1, 0.15) is 27.4 Å². The number of methoxy groups -OCH3 is 1. The maximum absolute atomic E-state index is 14.5. The van der Waals surface area contributed by atoms with Crippen LogP contribution in [0.4, 0.5) is 17.6 Å². The van der Waals surface area contributed by atoms with Gasteiger partial charge in [-0.05, 0) is 5.56 Å². The van der Waals surface area contributed by atoms with E-state index in [1.807, 2.05) is 0 Å². The summed E-state index contributed by atoms with van der Waals surface area (Å²) in [6, 6.07) is 8.16. The Morgan fingerprint density at radius 3 is 2.23 bits per heavy atom. The molecule has 0 bridgehead atoms. The van der Waals surface area contributed by atoms with Crippen LogP contribution >= 0.6 is 0 Å². The molecule has 8 heteroatoms. The van der Waals surface area contributed by atoms with Crippen LogP contribution < -0.4 is 0 Å². The quantitative estimate of drug-likeness (QED) is 0.512. The number of benzene rings is 2. The molecule has 26 heavy (non-hydrogen) atoms. The van der Waals surface area contributed by atoms with Crippen molar-refractivity contribution in [3.05, 3.63) is 70.3 Å². The van der Waals surface area contributed by atoms with Gasteiger partial charge < -0.3 is 14.7 Å². The number of carbonyl (C=O) groups is 1. The van der Waals surface area contributed by atoms with Crippen LogP contribution in [0, 0.1) is 23.3 Å². The van der Waals surface area contributed by atoms with Crippen LogP contribution in [-0.2, 0) is 10.5 Å². The van der Waals surface area contributed by atoms with Gasteiger partial charge in [0.05, 0.1) is 23.7 Å². The first-order chi connectivity index (χ1) is 12.3. The van der Waals surface area contributed by atoms with Crippen LogP contribution in [0.25, 0.3) is 0 Å². The van der Waals surface area contributed by atoms with Gasteiger partial charge in [-0.2, -0.15) is 0 Å². The Hall–Kier alpha value is -2.45. The zero-order valence-corrected chi connectivity index (χ0v) is 13.9. The largest absolute Gasteiger partial charge is 0.384 e. The summed E-state index contributed by atoms with van der Waals surface area (Å²) in [5, 5.41) is 11.3. The van der Waals surface area contributed by atoms with E-state index in [1.54, 1.807) is 30.3 Å². The van der Waals surface area contributed by atoms with Crippen molar-refractivity contribution < 1.29 is 32.2 Å². The minimum absolute atomic E-state index is 0.197. The lowest BCUT2D eigenvalue weighted by Crippen LogP contribution is -2.47. The number of nitrogens with zero attached hydrogens (tertiary/aromatic N) is 1. The number of aliphatic hydroxyl groups is 1. The van der Waals surface area contributed by atoms with Gasteiger partial charge in [0.1, 0.15) is 0 Å². The minimum atomic E-state index is -2.47. The summed E-state index contributed by atoms with van der Waals surface area (Å²) in [6.07, 6.45) is 0. The third-order valence-corrected chi connectivity index (χ3v) is 4.69. The van der Waals surface area contributed by atoms with Crippen molar-refractivity contribution in [1.82, 2.24) is 4.90 Å². The molecule has 1 heterocycles. The summed E-state index contributed by atoms with van der Waals surface area (Å²) in [5.41, 5.74) is -3.99. The number of halogens is 4. The average molecular weight is 369 g/mol. The highest BCUT2D eigenvalue weighted by molar-refractivity contribution is 6.00. The summed E-state index contributed by atoms with van der Waals surface area (Å²) in [4.78, 5) is 13.1. The Morgan fingerprint density at radius 1 is 1.08 bits per heavy atom. The van der Waals surface area contributed by atoms with Gasteiger partial charge >= 0.3 is 0 Å². The predicted molar refractivity (Wildman–Crippen MR) is 83.3 cm³/mol. The Labute approximate surface area is 146 Å². The van der Waals surface area contributed by atoms with Crippen LogP contribution in [0.15, 0.2) is 30.3 Å².